The average Bonchev–Trinajstić information content (AvgIpc) is 3.02. The molecule has 1 aromatic heterocycles. The predicted octanol–water partition coefficient (Wildman–Crippen LogP) is 1.17. The summed E-state index contributed by atoms with van der Waals surface area (Å²) in [5.41, 5.74) is 0.265. The molecule has 0 aromatic carbocycles. The summed E-state index contributed by atoms with van der Waals surface area (Å²) in [5, 5.41) is 2.88. The molecule has 1 aliphatic heterocycles. The minimum Gasteiger partial charge on any atom is -0.464 e. The lowest BCUT2D eigenvalue weighted by Crippen LogP contribution is -2.41. The van der Waals surface area contributed by atoms with E-state index in [1.165, 1.54) is 13.5 Å². The fourth-order valence-corrected chi connectivity index (χ4v) is 2.67. The van der Waals surface area contributed by atoms with Crippen molar-refractivity contribution in [3.05, 3.63) is 17.8 Å². The van der Waals surface area contributed by atoms with Crippen LogP contribution in [0.2, 0.25) is 0 Å². The summed E-state index contributed by atoms with van der Waals surface area (Å²) in [6.45, 7) is 4.77. The molecule has 7 nitrogen and oxygen atoms in total. The second-order valence-corrected chi connectivity index (χ2v) is 5.46. The summed E-state index contributed by atoms with van der Waals surface area (Å²) in [5.74, 6) is 0.342. The van der Waals surface area contributed by atoms with E-state index in [9.17, 15) is 9.59 Å². The van der Waals surface area contributed by atoms with Crippen molar-refractivity contribution in [2.45, 2.75) is 32.1 Å². The molecule has 0 atom stereocenters. The van der Waals surface area contributed by atoms with Crippen LogP contribution in [0.3, 0.4) is 0 Å². The minimum absolute atomic E-state index is 0.0650. The number of amides is 1. The Morgan fingerprint density at radius 3 is 2.82 bits per heavy atom. The molecule has 0 bridgehead atoms. The maximum Gasteiger partial charge on any atom is 0.360 e. The van der Waals surface area contributed by atoms with Crippen molar-refractivity contribution in [2.75, 3.05) is 33.3 Å². The Balaban J connectivity index is 1.86. The van der Waals surface area contributed by atoms with Gasteiger partial charge >= 0.3 is 5.97 Å². The monoisotopic (exact) mass is 309 g/mol. The van der Waals surface area contributed by atoms with Crippen molar-refractivity contribution in [1.82, 2.24) is 15.2 Å². The normalized spacial score (nSPS) is 16.5. The van der Waals surface area contributed by atoms with E-state index in [2.05, 4.69) is 15.2 Å². The van der Waals surface area contributed by atoms with Gasteiger partial charge in [-0.15, -0.1) is 0 Å². The first kappa shape index (κ1) is 16.5. The number of methoxy groups -OCH3 is 1. The molecule has 1 aromatic rings. The van der Waals surface area contributed by atoms with Crippen molar-refractivity contribution in [1.29, 1.82) is 0 Å². The third-order valence-electron chi connectivity index (χ3n) is 3.87. The molecule has 2 heterocycles. The first-order chi connectivity index (χ1) is 10.7. The Hall–Kier alpha value is -1.89. The van der Waals surface area contributed by atoms with E-state index in [-0.39, 0.29) is 17.5 Å². The van der Waals surface area contributed by atoms with Gasteiger partial charge in [-0.1, -0.05) is 6.92 Å². The number of piperidine rings is 1. The highest BCUT2D eigenvalue weighted by atomic mass is 16.5. The number of rotatable bonds is 6. The topological polar surface area (TPSA) is 84.7 Å². The third kappa shape index (κ3) is 4.07. The number of esters is 1. The molecule has 0 unspecified atom stereocenters. The lowest BCUT2D eigenvalue weighted by molar-refractivity contribution is -0.122. The van der Waals surface area contributed by atoms with Crippen LogP contribution in [0.4, 0.5) is 0 Å². The zero-order valence-electron chi connectivity index (χ0n) is 13.1. The number of nitrogens with zero attached hydrogens (tertiary/aromatic N) is 2. The standard InChI is InChI=1S/C15H23N3O4/c1-3-6-16-12(19)9-18-7-4-11(5-8-18)14-13(15(20)21-2)17-10-22-14/h10-11H,3-9H2,1-2H3,(H,16,19). The highest BCUT2D eigenvalue weighted by Gasteiger charge is 2.29. The van der Waals surface area contributed by atoms with Gasteiger partial charge in [-0.05, 0) is 32.4 Å². The summed E-state index contributed by atoms with van der Waals surface area (Å²) in [4.78, 5) is 29.4. The Bertz CT molecular complexity index is 507. The molecule has 7 heteroatoms. The van der Waals surface area contributed by atoms with Crippen LogP contribution in [-0.2, 0) is 9.53 Å². The van der Waals surface area contributed by atoms with Crippen molar-refractivity contribution in [3.63, 3.8) is 0 Å². The average molecular weight is 309 g/mol. The van der Waals surface area contributed by atoms with Crippen LogP contribution in [-0.4, -0.2) is 55.0 Å². The van der Waals surface area contributed by atoms with Crippen LogP contribution in [0.5, 0.6) is 0 Å². The summed E-state index contributed by atoms with van der Waals surface area (Å²) < 4.78 is 10.1. The second kappa shape index (κ2) is 7.93. The number of hydrogen-bond acceptors (Lipinski definition) is 6. The Labute approximate surface area is 130 Å². The fourth-order valence-electron chi connectivity index (χ4n) is 2.67. The zero-order valence-corrected chi connectivity index (χ0v) is 13.1. The molecule has 1 amide bonds. The molecule has 1 saturated heterocycles. The summed E-state index contributed by atoms with van der Waals surface area (Å²) in [6.07, 6.45) is 3.89. The maximum atomic E-state index is 11.7. The van der Waals surface area contributed by atoms with Gasteiger partial charge in [0.2, 0.25) is 5.91 Å². The first-order valence-electron chi connectivity index (χ1n) is 7.66. The van der Waals surface area contributed by atoms with E-state index in [0.717, 1.165) is 38.9 Å². The van der Waals surface area contributed by atoms with E-state index >= 15 is 0 Å². The van der Waals surface area contributed by atoms with E-state index in [4.69, 9.17) is 9.15 Å². The van der Waals surface area contributed by atoms with Gasteiger partial charge in [-0.3, -0.25) is 9.69 Å². The zero-order chi connectivity index (χ0) is 15.9. The Morgan fingerprint density at radius 1 is 1.45 bits per heavy atom. The van der Waals surface area contributed by atoms with Crippen molar-refractivity contribution in [3.8, 4) is 0 Å². The largest absolute Gasteiger partial charge is 0.464 e. The number of nitrogens with one attached hydrogen (secondary N) is 1. The van der Waals surface area contributed by atoms with E-state index < -0.39 is 5.97 Å². The summed E-state index contributed by atoms with van der Waals surface area (Å²) >= 11 is 0. The van der Waals surface area contributed by atoms with Gasteiger partial charge in [-0.25, -0.2) is 9.78 Å². The third-order valence-corrected chi connectivity index (χ3v) is 3.87. The number of ether oxygens (including phenoxy) is 1. The SMILES string of the molecule is CCCNC(=O)CN1CCC(c2ocnc2C(=O)OC)CC1. The van der Waals surface area contributed by atoms with Gasteiger partial charge in [-0.2, -0.15) is 0 Å². The Morgan fingerprint density at radius 2 is 2.18 bits per heavy atom. The molecule has 1 fully saturated rings. The Kier molecular flexibility index (Phi) is 5.94. The van der Waals surface area contributed by atoms with Gasteiger partial charge in [0.05, 0.1) is 13.7 Å². The number of aromatic nitrogens is 1. The maximum absolute atomic E-state index is 11.7. The van der Waals surface area contributed by atoms with E-state index in [1.54, 1.807) is 0 Å². The van der Waals surface area contributed by atoms with Gasteiger partial charge in [0.15, 0.2) is 12.1 Å². The number of oxazole rings is 1. The summed E-state index contributed by atoms with van der Waals surface area (Å²) in [6, 6.07) is 0. The molecule has 0 spiro atoms. The summed E-state index contributed by atoms with van der Waals surface area (Å²) in [7, 11) is 1.33. The number of carbonyl (C=O) groups excluding carboxylic acids is 2. The van der Waals surface area contributed by atoms with E-state index in [1.807, 2.05) is 6.92 Å². The molecular formula is C15H23N3O4. The van der Waals surface area contributed by atoms with Gasteiger partial charge in [0.25, 0.3) is 0 Å². The van der Waals surface area contributed by atoms with Crippen LogP contribution >= 0.6 is 0 Å². The van der Waals surface area contributed by atoms with Crippen LogP contribution in [0, 0.1) is 0 Å². The second-order valence-electron chi connectivity index (χ2n) is 5.46. The smallest absolute Gasteiger partial charge is 0.360 e. The van der Waals surface area contributed by atoms with Crippen molar-refractivity contribution in [2.24, 2.45) is 0 Å². The molecular weight excluding hydrogens is 286 g/mol. The van der Waals surface area contributed by atoms with Crippen LogP contribution < -0.4 is 5.32 Å². The number of carbonyl (C=O) groups is 2. The number of likely N-dealkylation sites (tertiary alicyclic amines) is 1. The molecule has 122 valence electrons. The van der Waals surface area contributed by atoms with Gasteiger partial charge in [0.1, 0.15) is 5.76 Å². The number of hydrogen-bond donors (Lipinski definition) is 1. The predicted molar refractivity (Wildman–Crippen MR) is 79.6 cm³/mol. The molecule has 2 rings (SSSR count). The molecule has 1 aliphatic rings. The lowest BCUT2D eigenvalue weighted by atomic mass is 9.93. The molecule has 22 heavy (non-hydrogen) atoms. The molecule has 1 N–H and O–H groups in total. The van der Waals surface area contributed by atoms with Crippen molar-refractivity contribution < 1.29 is 18.7 Å². The van der Waals surface area contributed by atoms with Crippen LogP contribution in [0.25, 0.3) is 0 Å². The molecule has 0 radical (unpaired) electrons. The fraction of sp³-hybridized carbons (Fsp3) is 0.667. The van der Waals surface area contributed by atoms with E-state index in [0.29, 0.717) is 12.3 Å². The quantitative estimate of drug-likeness (QED) is 0.794. The van der Waals surface area contributed by atoms with Crippen LogP contribution in [0.15, 0.2) is 10.8 Å². The molecule has 0 saturated carbocycles. The first-order valence-corrected chi connectivity index (χ1v) is 7.66. The van der Waals surface area contributed by atoms with Gasteiger partial charge < -0.3 is 14.5 Å². The van der Waals surface area contributed by atoms with Gasteiger partial charge in [0, 0.05) is 12.5 Å². The lowest BCUT2D eigenvalue weighted by Gasteiger charge is -2.30. The van der Waals surface area contributed by atoms with Crippen molar-refractivity contribution >= 4 is 11.9 Å². The highest BCUT2D eigenvalue weighted by Crippen LogP contribution is 2.30. The highest BCUT2D eigenvalue weighted by molar-refractivity contribution is 5.88. The minimum atomic E-state index is -0.467. The van der Waals surface area contributed by atoms with Crippen LogP contribution in [0.1, 0.15) is 48.4 Å². The molecule has 0 aliphatic carbocycles.